The summed E-state index contributed by atoms with van der Waals surface area (Å²) in [6.45, 7) is 1.61. The Labute approximate surface area is 144 Å². The number of nitrogens with one attached hydrogen (secondary N) is 1. The molecule has 9 nitrogen and oxygen atoms in total. The molecule has 3 heterocycles. The SMILES string of the molecule is C[C@@H](NC(=O)c1cc(C(F)(F)F)n(C)n1)c1ncnn1-c1ncccn1. The van der Waals surface area contributed by atoms with Crippen molar-refractivity contribution in [1.29, 1.82) is 0 Å². The third-order valence-corrected chi connectivity index (χ3v) is 3.45. The van der Waals surface area contributed by atoms with Crippen molar-refractivity contribution in [2.24, 2.45) is 7.05 Å². The normalized spacial score (nSPS) is 12.8. The summed E-state index contributed by atoms with van der Waals surface area (Å²) in [6.07, 6.45) is -0.305. The smallest absolute Gasteiger partial charge is 0.341 e. The minimum absolute atomic E-state index is 0.248. The monoisotopic (exact) mass is 366 g/mol. The number of carbonyl (C=O) groups is 1. The predicted molar refractivity (Wildman–Crippen MR) is 81.0 cm³/mol. The molecule has 0 aliphatic carbocycles. The van der Waals surface area contributed by atoms with E-state index in [1.165, 1.54) is 23.4 Å². The van der Waals surface area contributed by atoms with E-state index in [9.17, 15) is 18.0 Å². The molecule has 0 saturated heterocycles. The second-order valence-electron chi connectivity index (χ2n) is 5.31. The predicted octanol–water partition coefficient (Wildman–Crippen LogP) is 1.30. The van der Waals surface area contributed by atoms with Crippen LogP contribution in [0, 0.1) is 0 Å². The minimum Gasteiger partial charge on any atom is -0.341 e. The van der Waals surface area contributed by atoms with E-state index in [4.69, 9.17) is 0 Å². The minimum atomic E-state index is -4.60. The molecule has 3 aromatic rings. The van der Waals surface area contributed by atoms with Gasteiger partial charge in [-0.2, -0.15) is 28.1 Å². The van der Waals surface area contributed by atoms with Crippen LogP contribution in [-0.2, 0) is 13.2 Å². The second kappa shape index (κ2) is 6.54. The highest BCUT2D eigenvalue weighted by atomic mass is 19.4. The lowest BCUT2D eigenvalue weighted by molar-refractivity contribution is -0.143. The number of alkyl halides is 3. The molecule has 3 rings (SSSR count). The number of aryl methyl sites for hydroxylation is 1. The first-order valence-corrected chi connectivity index (χ1v) is 7.37. The lowest BCUT2D eigenvalue weighted by Crippen LogP contribution is -2.29. The lowest BCUT2D eigenvalue weighted by atomic mass is 10.2. The first kappa shape index (κ1) is 17.5. The summed E-state index contributed by atoms with van der Waals surface area (Å²) in [7, 11) is 1.12. The van der Waals surface area contributed by atoms with Gasteiger partial charge in [-0.25, -0.2) is 15.0 Å². The van der Waals surface area contributed by atoms with Gasteiger partial charge in [0.05, 0.1) is 6.04 Å². The van der Waals surface area contributed by atoms with Crippen molar-refractivity contribution in [3.8, 4) is 5.95 Å². The Hall–Kier alpha value is -3.31. The van der Waals surface area contributed by atoms with Crippen molar-refractivity contribution in [3.05, 3.63) is 48.1 Å². The number of nitrogens with zero attached hydrogens (tertiary/aromatic N) is 7. The fourth-order valence-electron chi connectivity index (χ4n) is 2.28. The van der Waals surface area contributed by atoms with Crippen molar-refractivity contribution in [1.82, 2.24) is 39.8 Å². The van der Waals surface area contributed by atoms with E-state index in [1.807, 2.05) is 0 Å². The van der Waals surface area contributed by atoms with E-state index in [1.54, 1.807) is 13.0 Å². The van der Waals surface area contributed by atoms with Crippen LogP contribution >= 0.6 is 0 Å². The molecule has 12 heteroatoms. The zero-order valence-corrected chi connectivity index (χ0v) is 13.6. The summed E-state index contributed by atoms with van der Waals surface area (Å²) in [4.78, 5) is 24.4. The van der Waals surface area contributed by atoms with Crippen LogP contribution in [0.2, 0.25) is 0 Å². The van der Waals surface area contributed by atoms with E-state index in [-0.39, 0.29) is 11.6 Å². The van der Waals surface area contributed by atoms with Gasteiger partial charge in [-0.3, -0.25) is 9.48 Å². The molecule has 0 bridgehead atoms. The molecule has 0 aliphatic heterocycles. The fraction of sp³-hybridized carbons (Fsp3) is 0.286. The van der Waals surface area contributed by atoms with Crippen LogP contribution in [0.15, 0.2) is 30.9 Å². The first-order chi connectivity index (χ1) is 12.3. The van der Waals surface area contributed by atoms with Crippen LogP contribution < -0.4 is 5.32 Å². The molecular weight excluding hydrogens is 353 g/mol. The molecular formula is C14H13F3N8O. The number of halogens is 3. The molecule has 0 aromatic carbocycles. The maximum absolute atomic E-state index is 12.8. The summed E-state index contributed by atoms with van der Waals surface area (Å²) in [5, 5.41) is 10.1. The summed E-state index contributed by atoms with van der Waals surface area (Å²) in [6, 6.07) is 1.64. The van der Waals surface area contributed by atoms with Crippen LogP contribution in [0.1, 0.15) is 35.0 Å². The number of carbonyl (C=O) groups excluding carboxylic acids is 1. The van der Waals surface area contributed by atoms with Crippen LogP contribution in [0.25, 0.3) is 5.95 Å². The Morgan fingerprint density at radius 3 is 2.54 bits per heavy atom. The lowest BCUT2D eigenvalue weighted by Gasteiger charge is -2.12. The van der Waals surface area contributed by atoms with Crippen LogP contribution in [0.4, 0.5) is 13.2 Å². The number of hydrogen-bond donors (Lipinski definition) is 1. The highest BCUT2D eigenvalue weighted by Crippen LogP contribution is 2.29. The van der Waals surface area contributed by atoms with E-state index in [2.05, 4.69) is 30.5 Å². The number of rotatable bonds is 4. The average Bonchev–Trinajstić information content (AvgIpc) is 3.21. The zero-order chi connectivity index (χ0) is 18.9. The van der Waals surface area contributed by atoms with E-state index < -0.39 is 23.8 Å². The van der Waals surface area contributed by atoms with Crippen molar-refractivity contribution in [2.45, 2.75) is 19.1 Å². The van der Waals surface area contributed by atoms with Gasteiger partial charge >= 0.3 is 6.18 Å². The summed E-state index contributed by atoms with van der Waals surface area (Å²) in [5.74, 6) is -0.207. The van der Waals surface area contributed by atoms with Gasteiger partial charge in [-0.1, -0.05) is 0 Å². The summed E-state index contributed by atoms with van der Waals surface area (Å²) >= 11 is 0. The quantitative estimate of drug-likeness (QED) is 0.747. The van der Waals surface area contributed by atoms with Gasteiger partial charge in [0, 0.05) is 25.5 Å². The van der Waals surface area contributed by atoms with E-state index in [0.29, 0.717) is 16.6 Å². The van der Waals surface area contributed by atoms with Crippen LogP contribution in [0.3, 0.4) is 0 Å². The van der Waals surface area contributed by atoms with Gasteiger partial charge in [0.25, 0.3) is 11.9 Å². The highest BCUT2D eigenvalue weighted by molar-refractivity contribution is 5.92. The highest BCUT2D eigenvalue weighted by Gasteiger charge is 2.36. The molecule has 0 radical (unpaired) electrons. The summed E-state index contributed by atoms with van der Waals surface area (Å²) < 4.78 is 40.4. The first-order valence-electron chi connectivity index (χ1n) is 7.37. The molecule has 0 spiro atoms. The standard InChI is InChI=1S/C14H13F3N8O/c1-8(11-20-7-21-25(11)13-18-4-3-5-19-13)22-12(26)9-6-10(14(15,16)17)24(2)23-9/h3-8H,1-2H3,(H,22,26)/t8-/m1/s1. The van der Waals surface area contributed by atoms with Crippen molar-refractivity contribution < 1.29 is 18.0 Å². The fourth-order valence-corrected chi connectivity index (χ4v) is 2.28. The maximum Gasteiger partial charge on any atom is 0.433 e. The third-order valence-electron chi connectivity index (χ3n) is 3.45. The topological polar surface area (TPSA) is 103 Å². The molecule has 0 fully saturated rings. The molecule has 1 atom stereocenters. The largest absolute Gasteiger partial charge is 0.433 e. The van der Waals surface area contributed by atoms with Crippen molar-refractivity contribution >= 4 is 5.91 Å². The Morgan fingerprint density at radius 2 is 1.92 bits per heavy atom. The Morgan fingerprint density at radius 1 is 1.23 bits per heavy atom. The Balaban J connectivity index is 1.80. The molecule has 1 N–H and O–H groups in total. The molecule has 0 saturated carbocycles. The number of amides is 1. The van der Waals surface area contributed by atoms with Crippen LogP contribution in [-0.4, -0.2) is 40.4 Å². The second-order valence-corrected chi connectivity index (χ2v) is 5.31. The third kappa shape index (κ3) is 3.38. The molecule has 26 heavy (non-hydrogen) atoms. The Bertz CT molecular complexity index is 918. The molecule has 3 aromatic heterocycles. The van der Waals surface area contributed by atoms with Crippen LogP contribution in [0.5, 0.6) is 0 Å². The van der Waals surface area contributed by atoms with E-state index >= 15 is 0 Å². The van der Waals surface area contributed by atoms with Gasteiger partial charge in [-0.15, -0.1) is 0 Å². The molecule has 136 valence electrons. The summed E-state index contributed by atoms with van der Waals surface area (Å²) in [5.41, 5.74) is -1.37. The molecule has 0 aliphatic rings. The average molecular weight is 366 g/mol. The maximum atomic E-state index is 12.8. The number of hydrogen-bond acceptors (Lipinski definition) is 6. The van der Waals surface area contributed by atoms with Gasteiger partial charge in [-0.05, 0) is 13.0 Å². The van der Waals surface area contributed by atoms with Crippen molar-refractivity contribution in [2.75, 3.05) is 0 Å². The molecule has 1 amide bonds. The Kier molecular flexibility index (Phi) is 4.40. The van der Waals surface area contributed by atoms with E-state index in [0.717, 1.165) is 7.05 Å². The number of aromatic nitrogens is 7. The van der Waals surface area contributed by atoms with Gasteiger partial charge in [0.2, 0.25) is 0 Å². The zero-order valence-electron chi connectivity index (χ0n) is 13.6. The van der Waals surface area contributed by atoms with Crippen molar-refractivity contribution in [3.63, 3.8) is 0 Å². The molecule has 0 unspecified atom stereocenters. The van der Waals surface area contributed by atoms with Gasteiger partial charge < -0.3 is 5.32 Å². The van der Waals surface area contributed by atoms with Gasteiger partial charge in [0.15, 0.2) is 11.5 Å². The van der Waals surface area contributed by atoms with Gasteiger partial charge in [0.1, 0.15) is 12.0 Å².